The second-order valence-electron chi connectivity index (χ2n) is 4.12. The van der Waals surface area contributed by atoms with Crippen molar-refractivity contribution >= 4 is 0 Å². The van der Waals surface area contributed by atoms with Gasteiger partial charge >= 0.3 is 0 Å². The first-order valence-electron chi connectivity index (χ1n) is 4.98. The summed E-state index contributed by atoms with van der Waals surface area (Å²) in [6.07, 6.45) is 5.07. The zero-order valence-electron chi connectivity index (χ0n) is 8.25. The van der Waals surface area contributed by atoms with Crippen LogP contribution in [0.5, 0.6) is 0 Å². The summed E-state index contributed by atoms with van der Waals surface area (Å²) in [6, 6.07) is 0.447. The highest BCUT2D eigenvalue weighted by atomic mass is 16.5. The van der Waals surface area contributed by atoms with Crippen LogP contribution in [0.25, 0.3) is 0 Å². The summed E-state index contributed by atoms with van der Waals surface area (Å²) < 4.78 is 5.15. The third kappa shape index (κ3) is 2.76. The minimum absolute atomic E-state index is 0.447. The van der Waals surface area contributed by atoms with Crippen molar-refractivity contribution in [2.75, 3.05) is 13.7 Å². The predicted molar refractivity (Wildman–Crippen MR) is 51.0 cm³/mol. The van der Waals surface area contributed by atoms with Crippen LogP contribution >= 0.6 is 0 Å². The van der Waals surface area contributed by atoms with Crippen LogP contribution in [0.3, 0.4) is 0 Å². The first kappa shape index (κ1) is 10.0. The van der Waals surface area contributed by atoms with Gasteiger partial charge in [-0.3, -0.25) is 0 Å². The molecule has 0 aromatic carbocycles. The Morgan fingerprint density at radius 3 is 2.83 bits per heavy atom. The van der Waals surface area contributed by atoms with Gasteiger partial charge < -0.3 is 10.5 Å². The molecular formula is C10H21NO. The van der Waals surface area contributed by atoms with E-state index in [1.807, 2.05) is 0 Å². The van der Waals surface area contributed by atoms with Gasteiger partial charge in [0.1, 0.15) is 0 Å². The molecule has 3 unspecified atom stereocenters. The highest BCUT2D eigenvalue weighted by molar-refractivity contribution is 4.78. The third-order valence-corrected chi connectivity index (χ3v) is 2.99. The minimum atomic E-state index is 0.447. The van der Waals surface area contributed by atoms with Crippen LogP contribution in [0.1, 0.15) is 32.6 Å². The van der Waals surface area contributed by atoms with E-state index in [9.17, 15) is 0 Å². The van der Waals surface area contributed by atoms with E-state index < -0.39 is 0 Å². The SMILES string of the molecule is COCC(C)C1CCCC(N)C1. The molecule has 1 aliphatic carbocycles. The molecule has 1 saturated carbocycles. The van der Waals surface area contributed by atoms with Gasteiger partial charge in [0.15, 0.2) is 0 Å². The first-order chi connectivity index (χ1) is 5.74. The number of hydrogen-bond donors (Lipinski definition) is 1. The monoisotopic (exact) mass is 171 g/mol. The van der Waals surface area contributed by atoms with Crippen LogP contribution in [0.2, 0.25) is 0 Å². The lowest BCUT2D eigenvalue weighted by molar-refractivity contribution is 0.110. The van der Waals surface area contributed by atoms with E-state index >= 15 is 0 Å². The molecule has 2 nitrogen and oxygen atoms in total. The van der Waals surface area contributed by atoms with E-state index in [0.29, 0.717) is 12.0 Å². The van der Waals surface area contributed by atoms with E-state index in [1.165, 1.54) is 25.7 Å². The van der Waals surface area contributed by atoms with Crippen LogP contribution in [0.15, 0.2) is 0 Å². The molecule has 0 radical (unpaired) electrons. The van der Waals surface area contributed by atoms with Crippen molar-refractivity contribution in [2.45, 2.75) is 38.6 Å². The summed E-state index contributed by atoms with van der Waals surface area (Å²) in [5.41, 5.74) is 5.92. The molecule has 3 atom stereocenters. The Hall–Kier alpha value is -0.0800. The predicted octanol–water partition coefficient (Wildman–Crippen LogP) is 1.79. The smallest absolute Gasteiger partial charge is 0.0490 e. The van der Waals surface area contributed by atoms with Crippen LogP contribution in [0, 0.1) is 11.8 Å². The standard InChI is InChI=1S/C10H21NO/c1-8(7-12-2)9-4-3-5-10(11)6-9/h8-10H,3-7,11H2,1-2H3. The second-order valence-corrected chi connectivity index (χ2v) is 4.12. The highest BCUT2D eigenvalue weighted by Crippen LogP contribution is 2.29. The van der Waals surface area contributed by atoms with Crippen molar-refractivity contribution in [1.82, 2.24) is 0 Å². The van der Waals surface area contributed by atoms with Crippen molar-refractivity contribution in [2.24, 2.45) is 17.6 Å². The van der Waals surface area contributed by atoms with Crippen LogP contribution in [-0.4, -0.2) is 19.8 Å². The molecule has 0 saturated heterocycles. The summed E-state index contributed by atoms with van der Waals surface area (Å²) in [6.45, 7) is 3.16. The van der Waals surface area contributed by atoms with Gasteiger partial charge in [0.05, 0.1) is 0 Å². The van der Waals surface area contributed by atoms with Crippen molar-refractivity contribution in [1.29, 1.82) is 0 Å². The number of hydrogen-bond acceptors (Lipinski definition) is 2. The number of rotatable bonds is 3. The molecule has 2 N–H and O–H groups in total. The van der Waals surface area contributed by atoms with Crippen molar-refractivity contribution < 1.29 is 4.74 Å². The Bertz CT molecular complexity index is 127. The molecule has 1 rings (SSSR count). The molecule has 0 aliphatic heterocycles. The van der Waals surface area contributed by atoms with Gasteiger partial charge in [-0.25, -0.2) is 0 Å². The third-order valence-electron chi connectivity index (χ3n) is 2.99. The summed E-state index contributed by atoms with van der Waals surface area (Å²) in [4.78, 5) is 0. The molecule has 72 valence electrons. The lowest BCUT2D eigenvalue weighted by Crippen LogP contribution is -2.31. The number of ether oxygens (including phenoxy) is 1. The summed E-state index contributed by atoms with van der Waals surface area (Å²) in [7, 11) is 1.78. The van der Waals surface area contributed by atoms with Gasteiger partial charge in [-0.05, 0) is 31.1 Å². The Morgan fingerprint density at radius 2 is 2.25 bits per heavy atom. The minimum Gasteiger partial charge on any atom is -0.384 e. The molecule has 2 heteroatoms. The largest absolute Gasteiger partial charge is 0.384 e. The number of nitrogens with two attached hydrogens (primary N) is 1. The van der Waals surface area contributed by atoms with Crippen LogP contribution in [0.4, 0.5) is 0 Å². The van der Waals surface area contributed by atoms with E-state index in [0.717, 1.165) is 12.5 Å². The second kappa shape index (κ2) is 4.83. The Morgan fingerprint density at radius 1 is 1.50 bits per heavy atom. The zero-order valence-corrected chi connectivity index (χ0v) is 8.25. The van der Waals surface area contributed by atoms with Crippen molar-refractivity contribution in [3.05, 3.63) is 0 Å². The molecule has 0 aromatic heterocycles. The quantitative estimate of drug-likeness (QED) is 0.702. The fourth-order valence-electron chi connectivity index (χ4n) is 2.18. The van der Waals surface area contributed by atoms with E-state index in [4.69, 9.17) is 10.5 Å². The normalized spacial score (nSPS) is 33.2. The summed E-state index contributed by atoms with van der Waals surface area (Å²) >= 11 is 0. The van der Waals surface area contributed by atoms with Gasteiger partial charge in [-0.1, -0.05) is 13.3 Å². The zero-order chi connectivity index (χ0) is 8.97. The van der Waals surface area contributed by atoms with E-state index in [1.54, 1.807) is 7.11 Å². The summed E-state index contributed by atoms with van der Waals surface area (Å²) in [5, 5.41) is 0. The van der Waals surface area contributed by atoms with E-state index in [2.05, 4.69) is 6.92 Å². The molecular weight excluding hydrogens is 150 g/mol. The summed E-state index contributed by atoms with van der Waals surface area (Å²) in [5.74, 6) is 1.48. The van der Waals surface area contributed by atoms with Crippen LogP contribution < -0.4 is 5.73 Å². The number of methoxy groups -OCH3 is 1. The fraction of sp³-hybridized carbons (Fsp3) is 1.00. The highest BCUT2D eigenvalue weighted by Gasteiger charge is 2.23. The van der Waals surface area contributed by atoms with Crippen LogP contribution in [-0.2, 0) is 4.74 Å². The van der Waals surface area contributed by atoms with Gasteiger partial charge in [-0.15, -0.1) is 0 Å². The molecule has 0 amide bonds. The molecule has 0 heterocycles. The maximum Gasteiger partial charge on any atom is 0.0490 e. The lowest BCUT2D eigenvalue weighted by atomic mass is 9.79. The average Bonchev–Trinajstić information content (AvgIpc) is 2.05. The van der Waals surface area contributed by atoms with Gasteiger partial charge in [0, 0.05) is 19.8 Å². The topological polar surface area (TPSA) is 35.2 Å². The lowest BCUT2D eigenvalue weighted by Gasteiger charge is -2.30. The van der Waals surface area contributed by atoms with Crippen molar-refractivity contribution in [3.8, 4) is 0 Å². The molecule has 1 fully saturated rings. The van der Waals surface area contributed by atoms with Gasteiger partial charge in [0.25, 0.3) is 0 Å². The van der Waals surface area contributed by atoms with Gasteiger partial charge in [0.2, 0.25) is 0 Å². The first-order valence-corrected chi connectivity index (χ1v) is 4.98. The molecule has 0 bridgehead atoms. The molecule has 0 spiro atoms. The fourth-order valence-corrected chi connectivity index (χ4v) is 2.18. The molecule has 0 aromatic rings. The van der Waals surface area contributed by atoms with Gasteiger partial charge in [-0.2, -0.15) is 0 Å². The maximum absolute atomic E-state index is 5.92. The van der Waals surface area contributed by atoms with E-state index in [-0.39, 0.29) is 0 Å². The maximum atomic E-state index is 5.92. The van der Waals surface area contributed by atoms with Crippen molar-refractivity contribution in [3.63, 3.8) is 0 Å². The average molecular weight is 171 g/mol. The Labute approximate surface area is 75.5 Å². The Balaban J connectivity index is 2.29. The molecule has 12 heavy (non-hydrogen) atoms. The molecule has 1 aliphatic rings. The Kier molecular flexibility index (Phi) is 4.02.